The summed E-state index contributed by atoms with van der Waals surface area (Å²) in [7, 11) is -3.62. The second kappa shape index (κ2) is 5.82. The monoisotopic (exact) mass is 331 g/mol. The van der Waals surface area contributed by atoms with Gasteiger partial charge >= 0.3 is 0 Å². The van der Waals surface area contributed by atoms with Crippen molar-refractivity contribution in [2.45, 2.75) is 18.7 Å². The second-order valence-corrected chi connectivity index (χ2v) is 7.36. The molecule has 0 aromatic heterocycles. The zero-order valence-corrected chi connectivity index (χ0v) is 13.5. The number of sulfonamides is 1. The highest BCUT2D eigenvalue weighted by atomic mass is 35.5. The van der Waals surface area contributed by atoms with Gasteiger partial charge in [-0.2, -0.15) is 4.31 Å². The Bertz CT molecular complexity index is 667. The molecule has 1 aliphatic heterocycles. The fraction of sp³-hybridized carbons (Fsp3) is 0.462. The number of rotatable bonds is 2. The van der Waals surface area contributed by atoms with Crippen LogP contribution in [0.2, 0.25) is 5.02 Å². The van der Waals surface area contributed by atoms with Crippen molar-refractivity contribution in [3.63, 3.8) is 0 Å². The van der Waals surface area contributed by atoms with Crippen LogP contribution in [0.25, 0.3) is 0 Å². The van der Waals surface area contributed by atoms with E-state index in [0.29, 0.717) is 23.7 Å². The van der Waals surface area contributed by atoms with Gasteiger partial charge in [0, 0.05) is 33.1 Å². The minimum Gasteiger partial charge on any atom is -0.397 e. The molecule has 0 atom stereocenters. The number of halogens is 1. The minimum absolute atomic E-state index is 0.0426. The summed E-state index contributed by atoms with van der Waals surface area (Å²) in [6.45, 7) is 4.53. The highest BCUT2D eigenvalue weighted by Gasteiger charge is 2.30. The van der Waals surface area contributed by atoms with Gasteiger partial charge in [-0.25, -0.2) is 8.42 Å². The molecule has 1 saturated heterocycles. The number of carbonyl (C=O) groups is 1. The van der Waals surface area contributed by atoms with E-state index in [2.05, 4.69) is 0 Å². The molecule has 2 rings (SSSR count). The maximum absolute atomic E-state index is 12.7. The largest absolute Gasteiger partial charge is 0.397 e. The Hall–Kier alpha value is -1.31. The molecule has 1 fully saturated rings. The maximum Gasteiger partial charge on any atom is 0.243 e. The van der Waals surface area contributed by atoms with Gasteiger partial charge in [-0.3, -0.25) is 4.79 Å². The number of amides is 1. The van der Waals surface area contributed by atoms with Gasteiger partial charge in [0.2, 0.25) is 15.9 Å². The third-order valence-corrected chi connectivity index (χ3v) is 5.96. The zero-order valence-electron chi connectivity index (χ0n) is 12.0. The topological polar surface area (TPSA) is 83.7 Å². The molecule has 1 heterocycles. The van der Waals surface area contributed by atoms with Crippen molar-refractivity contribution in [3.8, 4) is 0 Å². The van der Waals surface area contributed by atoms with E-state index in [1.165, 1.54) is 17.3 Å². The van der Waals surface area contributed by atoms with Crippen LogP contribution in [-0.2, 0) is 14.8 Å². The Kier molecular flexibility index (Phi) is 4.46. The van der Waals surface area contributed by atoms with Crippen LogP contribution in [0.3, 0.4) is 0 Å². The number of aryl methyl sites for hydroxylation is 1. The lowest BCUT2D eigenvalue weighted by molar-refractivity contribution is -0.129. The van der Waals surface area contributed by atoms with Crippen molar-refractivity contribution < 1.29 is 13.2 Å². The smallest absolute Gasteiger partial charge is 0.243 e. The number of nitrogens with two attached hydrogens (primary N) is 1. The molecule has 0 unspecified atom stereocenters. The number of anilines is 1. The summed E-state index contributed by atoms with van der Waals surface area (Å²) >= 11 is 5.90. The molecule has 1 aliphatic rings. The molecule has 2 N–H and O–H groups in total. The summed E-state index contributed by atoms with van der Waals surface area (Å²) in [6, 6.07) is 2.94. The Morgan fingerprint density at radius 2 is 1.81 bits per heavy atom. The minimum atomic E-state index is -3.62. The van der Waals surface area contributed by atoms with Gasteiger partial charge in [-0.05, 0) is 24.6 Å². The third-order valence-electron chi connectivity index (χ3n) is 3.60. The molecule has 21 heavy (non-hydrogen) atoms. The van der Waals surface area contributed by atoms with Crippen molar-refractivity contribution >= 4 is 33.2 Å². The highest BCUT2D eigenvalue weighted by molar-refractivity contribution is 7.89. The second-order valence-electron chi connectivity index (χ2n) is 5.05. The predicted molar refractivity (Wildman–Crippen MR) is 81.6 cm³/mol. The fourth-order valence-electron chi connectivity index (χ4n) is 2.33. The lowest BCUT2D eigenvalue weighted by Crippen LogP contribution is -2.50. The summed E-state index contributed by atoms with van der Waals surface area (Å²) in [5.74, 6) is -0.0426. The van der Waals surface area contributed by atoms with Crippen LogP contribution < -0.4 is 5.73 Å². The molecule has 1 amide bonds. The van der Waals surface area contributed by atoms with Crippen molar-refractivity contribution in [1.82, 2.24) is 9.21 Å². The first-order valence-electron chi connectivity index (χ1n) is 6.55. The van der Waals surface area contributed by atoms with Crippen LogP contribution in [-0.4, -0.2) is 49.7 Å². The van der Waals surface area contributed by atoms with Gasteiger partial charge in [0.05, 0.1) is 15.6 Å². The normalized spacial score (nSPS) is 17.0. The van der Waals surface area contributed by atoms with Crippen LogP contribution >= 0.6 is 11.6 Å². The van der Waals surface area contributed by atoms with E-state index in [-0.39, 0.29) is 29.6 Å². The Morgan fingerprint density at radius 3 is 2.33 bits per heavy atom. The summed E-state index contributed by atoms with van der Waals surface area (Å²) in [5.41, 5.74) is 6.51. The van der Waals surface area contributed by atoms with Gasteiger partial charge in [0.15, 0.2) is 0 Å². The first kappa shape index (κ1) is 16.1. The third kappa shape index (κ3) is 3.14. The van der Waals surface area contributed by atoms with Crippen LogP contribution in [0.5, 0.6) is 0 Å². The predicted octanol–water partition coefficient (Wildman–Crippen LogP) is 1.08. The highest BCUT2D eigenvalue weighted by Crippen LogP contribution is 2.28. The van der Waals surface area contributed by atoms with Crippen molar-refractivity contribution in [2.75, 3.05) is 31.9 Å². The van der Waals surface area contributed by atoms with E-state index in [1.54, 1.807) is 17.9 Å². The molecule has 0 bridgehead atoms. The number of nitrogen functional groups attached to an aromatic ring is 1. The molecule has 0 aliphatic carbocycles. The van der Waals surface area contributed by atoms with E-state index in [1.807, 2.05) is 0 Å². The Balaban J connectivity index is 2.28. The average molecular weight is 332 g/mol. The summed E-state index contributed by atoms with van der Waals surface area (Å²) < 4.78 is 26.7. The lowest BCUT2D eigenvalue weighted by atomic mass is 10.2. The van der Waals surface area contributed by atoms with Gasteiger partial charge in [0.1, 0.15) is 0 Å². The molecule has 6 nitrogen and oxygen atoms in total. The van der Waals surface area contributed by atoms with Gasteiger partial charge in [-0.15, -0.1) is 0 Å². The van der Waals surface area contributed by atoms with E-state index in [9.17, 15) is 13.2 Å². The molecular weight excluding hydrogens is 314 g/mol. The van der Waals surface area contributed by atoms with E-state index < -0.39 is 10.0 Å². The Labute approximate surface area is 129 Å². The maximum atomic E-state index is 12.7. The molecule has 1 aromatic carbocycles. The van der Waals surface area contributed by atoms with Gasteiger partial charge < -0.3 is 10.6 Å². The van der Waals surface area contributed by atoms with Crippen LogP contribution in [0.15, 0.2) is 17.0 Å². The van der Waals surface area contributed by atoms with Gasteiger partial charge in [0.25, 0.3) is 0 Å². The van der Waals surface area contributed by atoms with Crippen LogP contribution in [0.1, 0.15) is 12.5 Å². The number of nitrogens with zero attached hydrogens (tertiary/aromatic N) is 2. The van der Waals surface area contributed by atoms with Crippen molar-refractivity contribution in [1.29, 1.82) is 0 Å². The standard InChI is InChI=1S/C13H18ClN3O3S/c1-9-7-11(14)12(15)8-13(9)21(19,20)17-5-3-16(4-6-17)10(2)18/h7-8H,3-6,15H2,1-2H3. The first-order chi connectivity index (χ1) is 9.73. The van der Waals surface area contributed by atoms with E-state index in [4.69, 9.17) is 17.3 Å². The molecule has 0 spiro atoms. The number of benzene rings is 1. The molecule has 8 heteroatoms. The van der Waals surface area contributed by atoms with E-state index in [0.717, 1.165) is 0 Å². The zero-order chi connectivity index (χ0) is 15.8. The number of hydrogen-bond acceptors (Lipinski definition) is 4. The van der Waals surface area contributed by atoms with E-state index >= 15 is 0 Å². The molecule has 0 saturated carbocycles. The molecular formula is C13H18ClN3O3S. The summed E-state index contributed by atoms with van der Waals surface area (Å²) in [6.07, 6.45) is 0. The fourth-order valence-corrected chi connectivity index (χ4v) is 4.21. The lowest BCUT2D eigenvalue weighted by Gasteiger charge is -2.33. The Morgan fingerprint density at radius 1 is 1.24 bits per heavy atom. The summed E-state index contributed by atoms with van der Waals surface area (Å²) in [4.78, 5) is 13.1. The van der Waals surface area contributed by atoms with Crippen LogP contribution in [0.4, 0.5) is 5.69 Å². The SMILES string of the molecule is CC(=O)N1CCN(S(=O)(=O)c2cc(N)c(Cl)cc2C)CC1. The summed E-state index contributed by atoms with van der Waals surface area (Å²) in [5, 5.41) is 0.341. The molecule has 0 radical (unpaired) electrons. The molecule has 1 aromatic rings. The first-order valence-corrected chi connectivity index (χ1v) is 8.36. The number of carbonyl (C=O) groups excluding carboxylic acids is 1. The van der Waals surface area contributed by atoms with Gasteiger partial charge in [-0.1, -0.05) is 11.6 Å². The van der Waals surface area contributed by atoms with Crippen molar-refractivity contribution in [3.05, 3.63) is 22.7 Å². The van der Waals surface area contributed by atoms with Crippen LogP contribution in [0, 0.1) is 6.92 Å². The number of hydrogen-bond donors (Lipinski definition) is 1. The average Bonchev–Trinajstić information content (AvgIpc) is 2.42. The number of piperazine rings is 1. The molecule has 116 valence electrons. The quantitative estimate of drug-likeness (QED) is 0.822. The van der Waals surface area contributed by atoms with Crippen molar-refractivity contribution in [2.24, 2.45) is 0 Å².